The first-order valence-electron chi connectivity index (χ1n) is 11.9. The Bertz CT molecular complexity index is 996. The second-order valence-electron chi connectivity index (χ2n) is 9.05. The molecule has 0 aliphatic heterocycles. The van der Waals surface area contributed by atoms with Crippen molar-refractivity contribution in [2.24, 2.45) is 0 Å². The maximum atomic E-state index is 3.65. The van der Waals surface area contributed by atoms with Crippen LogP contribution in [0.1, 0.15) is 42.5 Å². The van der Waals surface area contributed by atoms with Gasteiger partial charge < -0.3 is 10.6 Å². The van der Waals surface area contributed by atoms with Crippen molar-refractivity contribution < 1.29 is 0 Å². The molecule has 2 heteroatoms. The van der Waals surface area contributed by atoms with Crippen molar-refractivity contribution in [1.82, 2.24) is 0 Å². The lowest BCUT2D eigenvalue weighted by Crippen LogP contribution is -2.25. The van der Waals surface area contributed by atoms with Crippen molar-refractivity contribution in [3.05, 3.63) is 131 Å². The zero-order valence-corrected chi connectivity index (χ0v) is 19.7. The molecule has 168 valence electrons. The van der Waals surface area contributed by atoms with E-state index in [1.54, 1.807) is 0 Å². The van der Waals surface area contributed by atoms with E-state index in [0.29, 0.717) is 12.1 Å². The van der Waals surface area contributed by atoms with Gasteiger partial charge in [-0.25, -0.2) is 0 Å². The zero-order valence-electron chi connectivity index (χ0n) is 19.7. The first kappa shape index (κ1) is 22.7. The predicted molar refractivity (Wildman–Crippen MR) is 142 cm³/mol. The van der Waals surface area contributed by atoms with Gasteiger partial charge in [-0.15, -0.1) is 0 Å². The van der Waals surface area contributed by atoms with E-state index >= 15 is 0 Å². The van der Waals surface area contributed by atoms with Crippen LogP contribution in [-0.4, -0.2) is 12.1 Å². The average molecular weight is 435 g/mol. The van der Waals surface area contributed by atoms with Gasteiger partial charge in [0.25, 0.3) is 0 Å². The molecular formula is C31H34N2. The summed E-state index contributed by atoms with van der Waals surface area (Å²) >= 11 is 0. The summed E-state index contributed by atoms with van der Waals surface area (Å²) in [5, 5.41) is 7.29. The summed E-state index contributed by atoms with van der Waals surface area (Å²) in [7, 11) is 0. The number of nitrogens with one attached hydrogen (secondary N) is 2. The van der Waals surface area contributed by atoms with Gasteiger partial charge >= 0.3 is 0 Å². The highest BCUT2D eigenvalue weighted by Gasteiger charge is 2.09. The molecule has 0 radical (unpaired) electrons. The number of hydrogen-bond acceptors (Lipinski definition) is 2. The smallest absolute Gasteiger partial charge is 0.0342 e. The van der Waals surface area contributed by atoms with E-state index < -0.39 is 0 Å². The average Bonchev–Trinajstić information content (AvgIpc) is 2.83. The molecule has 0 bridgehead atoms. The van der Waals surface area contributed by atoms with Crippen LogP contribution in [0.4, 0.5) is 11.4 Å². The number of anilines is 2. The van der Waals surface area contributed by atoms with Gasteiger partial charge in [-0.1, -0.05) is 84.9 Å². The Morgan fingerprint density at radius 1 is 0.455 bits per heavy atom. The molecule has 0 saturated heterocycles. The van der Waals surface area contributed by atoms with Gasteiger partial charge in [-0.2, -0.15) is 0 Å². The van der Waals surface area contributed by atoms with Gasteiger partial charge in [-0.3, -0.25) is 0 Å². The topological polar surface area (TPSA) is 24.1 Å². The number of rotatable bonds is 10. The van der Waals surface area contributed by atoms with Gasteiger partial charge in [0, 0.05) is 23.5 Å². The predicted octanol–water partition coefficient (Wildman–Crippen LogP) is 7.56. The van der Waals surface area contributed by atoms with Crippen LogP contribution in [0.3, 0.4) is 0 Å². The molecule has 0 aliphatic rings. The van der Waals surface area contributed by atoms with Crippen LogP contribution in [0.25, 0.3) is 0 Å². The van der Waals surface area contributed by atoms with Gasteiger partial charge in [0.1, 0.15) is 0 Å². The largest absolute Gasteiger partial charge is 0.383 e. The number of hydrogen-bond donors (Lipinski definition) is 2. The minimum atomic E-state index is 0.379. The quantitative estimate of drug-likeness (QED) is 0.269. The Kier molecular flexibility index (Phi) is 7.81. The minimum absolute atomic E-state index is 0.379. The van der Waals surface area contributed by atoms with Crippen LogP contribution in [-0.2, 0) is 12.8 Å². The molecule has 2 N–H and O–H groups in total. The summed E-state index contributed by atoms with van der Waals surface area (Å²) in [6, 6.07) is 39.7. The van der Waals surface area contributed by atoms with E-state index in [4.69, 9.17) is 0 Å². The van der Waals surface area contributed by atoms with Crippen LogP contribution in [0, 0.1) is 0 Å². The van der Waals surface area contributed by atoms with E-state index in [1.165, 1.54) is 33.6 Å². The maximum absolute atomic E-state index is 3.65. The highest BCUT2D eigenvalue weighted by atomic mass is 14.9. The van der Waals surface area contributed by atoms with Crippen LogP contribution in [0.5, 0.6) is 0 Å². The summed E-state index contributed by atoms with van der Waals surface area (Å²) in [5.41, 5.74) is 7.73. The van der Waals surface area contributed by atoms with Crippen LogP contribution < -0.4 is 10.6 Å². The lowest BCUT2D eigenvalue weighted by atomic mass is 10.0. The van der Waals surface area contributed by atoms with Crippen molar-refractivity contribution >= 4 is 11.4 Å². The molecule has 4 aromatic carbocycles. The van der Waals surface area contributed by atoms with Crippen molar-refractivity contribution in [3.8, 4) is 0 Å². The molecule has 0 spiro atoms. The Hall–Kier alpha value is -3.52. The lowest BCUT2D eigenvalue weighted by Gasteiger charge is -2.22. The molecule has 2 nitrogen and oxygen atoms in total. The molecule has 0 aromatic heterocycles. The van der Waals surface area contributed by atoms with Crippen molar-refractivity contribution in [2.45, 2.75) is 45.2 Å². The second kappa shape index (κ2) is 11.4. The monoisotopic (exact) mass is 434 g/mol. The number of benzene rings is 4. The Morgan fingerprint density at radius 2 is 0.788 bits per heavy atom. The summed E-state index contributed by atoms with van der Waals surface area (Å²) in [4.78, 5) is 0. The summed E-state index contributed by atoms with van der Waals surface area (Å²) in [5.74, 6) is 0. The van der Waals surface area contributed by atoms with Crippen molar-refractivity contribution in [1.29, 1.82) is 0 Å². The highest BCUT2D eigenvalue weighted by Crippen LogP contribution is 2.18. The fourth-order valence-electron chi connectivity index (χ4n) is 4.32. The zero-order chi connectivity index (χ0) is 22.9. The van der Waals surface area contributed by atoms with Gasteiger partial charge in [0.05, 0.1) is 0 Å². The molecule has 0 heterocycles. The minimum Gasteiger partial charge on any atom is -0.383 e. The van der Waals surface area contributed by atoms with Gasteiger partial charge in [0.2, 0.25) is 0 Å². The van der Waals surface area contributed by atoms with Gasteiger partial charge in [-0.05, 0) is 79.6 Å². The molecular weight excluding hydrogens is 400 g/mol. The molecule has 0 saturated carbocycles. The summed E-state index contributed by atoms with van der Waals surface area (Å²) in [6.07, 6.45) is 2.99. The van der Waals surface area contributed by atoms with Crippen LogP contribution >= 0.6 is 0 Å². The van der Waals surface area contributed by atoms with Gasteiger partial charge in [0.15, 0.2) is 0 Å². The SMILES string of the molecule is CC(CC(C)Nc1ccc(Cc2ccccc2)cc1)Nc1ccc(Cc2ccccc2)cc1. The Balaban J connectivity index is 1.23. The molecule has 2 unspecified atom stereocenters. The highest BCUT2D eigenvalue weighted by molar-refractivity contribution is 5.48. The Labute approximate surface area is 198 Å². The summed E-state index contributed by atoms with van der Waals surface area (Å²) < 4.78 is 0. The first-order valence-corrected chi connectivity index (χ1v) is 11.9. The van der Waals surface area contributed by atoms with Crippen molar-refractivity contribution in [3.63, 3.8) is 0 Å². The second-order valence-corrected chi connectivity index (χ2v) is 9.05. The first-order chi connectivity index (χ1) is 16.1. The maximum Gasteiger partial charge on any atom is 0.0342 e. The van der Waals surface area contributed by atoms with E-state index in [1.807, 2.05) is 0 Å². The fourth-order valence-corrected chi connectivity index (χ4v) is 4.32. The standard InChI is InChI=1S/C31H34N2/c1-24(32-30-17-13-28(14-18-30)22-26-9-5-3-6-10-26)21-25(2)33-31-19-15-29(16-20-31)23-27-11-7-4-8-12-27/h3-20,24-25,32-33H,21-23H2,1-2H3. The third kappa shape index (κ3) is 7.25. The Morgan fingerprint density at radius 3 is 1.15 bits per heavy atom. The fraction of sp³-hybridized carbons (Fsp3) is 0.226. The van der Waals surface area contributed by atoms with Crippen molar-refractivity contribution in [2.75, 3.05) is 10.6 Å². The normalized spacial score (nSPS) is 12.7. The molecule has 0 fully saturated rings. The molecule has 0 aliphatic carbocycles. The molecule has 4 aromatic rings. The third-order valence-corrected chi connectivity index (χ3v) is 5.94. The van der Waals surface area contributed by atoms with E-state index in [0.717, 1.165) is 19.3 Å². The van der Waals surface area contributed by atoms with E-state index in [-0.39, 0.29) is 0 Å². The van der Waals surface area contributed by atoms with Crippen LogP contribution in [0.2, 0.25) is 0 Å². The molecule has 33 heavy (non-hydrogen) atoms. The third-order valence-electron chi connectivity index (χ3n) is 5.94. The lowest BCUT2D eigenvalue weighted by molar-refractivity contribution is 0.634. The van der Waals surface area contributed by atoms with E-state index in [9.17, 15) is 0 Å². The van der Waals surface area contributed by atoms with E-state index in [2.05, 4.69) is 134 Å². The van der Waals surface area contributed by atoms with Crippen LogP contribution in [0.15, 0.2) is 109 Å². The molecule has 4 rings (SSSR count). The molecule has 2 atom stereocenters. The summed E-state index contributed by atoms with van der Waals surface area (Å²) in [6.45, 7) is 4.50. The molecule has 0 amide bonds.